The Hall–Kier alpha value is -2.65. The number of Topliss-reactive ketones (excluding diaryl/α,β-unsaturated/α-hetero) is 1. The maximum Gasteiger partial charge on any atom is 0.404 e. The van der Waals surface area contributed by atoms with Crippen LogP contribution in [0.3, 0.4) is 0 Å². The van der Waals surface area contributed by atoms with E-state index in [2.05, 4.69) is 10.4 Å². The van der Waals surface area contributed by atoms with Gasteiger partial charge in [0.25, 0.3) is 0 Å². The molecule has 1 aromatic heterocycles. The second-order valence-electron chi connectivity index (χ2n) is 4.83. The number of nitrogens with zero attached hydrogens (tertiary/aromatic N) is 4. The van der Waals surface area contributed by atoms with Crippen LogP contribution in [0.5, 0.6) is 0 Å². The molecule has 1 amide bonds. The van der Waals surface area contributed by atoms with Crippen LogP contribution in [0.2, 0.25) is 0 Å². The number of carbonyl (C=O) groups excluding carboxylic acids is 1. The highest BCUT2D eigenvalue weighted by Crippen LogP contribution is 2.28. The number of carboxylic acid groups (broad SMARTS) is 1. The number of aromatic nitrogens is 2. The van der Waals surface area contributed by atoms with Crippen molar-refractivity contribution in [1.82, 2.24) is 15.1 Å². The molecule has 1 fully saturated rings. The van der Waals surface area contributed by atoms with Crippen LogP contribution in [0.15, 0.2) is 6.20 Å². The highest BCUT2D eigenvalue weighted by molar-refractivity contribution is 5.85. The van der Waals surface area contributed by atoms with Gasteiger partial charge >= 0.3 is 11.8 Å². The topological polar surface area (TPSA) is 131 Å². The van der Waals surface area contributed by atoms with Crippen LogP contribution in [0.1, 0.15) is 12.8 Å². The monoisotopic (exact) mass is 297 g/mol. The van der Waals surface area contributed by atoms with Gasteiger partial charge in [-0.05, 0) is 6.42 Å². The Morgan fingerprint density at radius 1 is 1.62 bits per heavy atom. The minimum Gasteiger partial charge on any atom is -0.465 e. The molecule has 1 aliphatic rings. The molecule has 10 heteroatoms. The van der Waals surface area contributed by atoms with Gasteiger partial charge in [0.15, 0.2) is 5.78 Å². The van der Waals surface area contributed by atoms with E-state index in [0.29, 0.717) is 13.0 Å². The van der Waals surface area contributed by atoms with E-state index >= 15 is 0 Å². The number of carbonyl (C=O) groups is 2. The largest absolute Gasteiger partial charge is 0.465 e. The molecule has 0 bridgehead atoms. The first-order valence-electron chi connectivity index (χ1n) is 6.31. The van der Waals surface area contributed by atoms with Crippen LogP contribution in [0, 0.1) is 10.1 Å². The van der Waals surface area contributed by atoms with E-state index in [0.717, 1.165) is 6.20 Å². The Morgan fingerprint density at radius 3 is 2.95 bits per heavy atom. The van der Waals surface area contributed by atoms with Crippen molar-refractivity contribution in [3.05, 3.63) is 16.3 Å². The van der Waals surface area contributed by atoms with Gasteiger partial charge in [0.1, 0.15) is 6.20 Å². The van der Waals surface area contributed by atoms with Crippen molar-refractivity contribution in [2.45, 2.75) is 18.9 Å². The Morgan fingerprint density at radius 2 is 2.33 bits per heavy atom. The Balaban J connectivity index is 2.22. The minimum atomic E-state index is -1.19. The fourth-order valence-electron chi connectivity index (χ4n) is 2.44. The zero-order chi connectivity index (χ0) is 15.6. The van der Waals surface area contributed by atoms with E-state index in [-0.39, 0.29) is 30.3 Å². The fourth-order valence-corrected chi connectivity index (χ4v) is 2.44. The average molecular weight is 297 g/mol. The van der Waals surface area contributed by atoms with Crippen molar-refractivity contribution in [1.29, 1.82) is 0 Å². The molecule has 0 unspecified atom stereocenters. The molecule has 2 heterocycles. The van der Waals surface area contributed by atoms with Crippen LogP contribution in [0.4, 0.5) is 16.3 Å². The summed E-state index contributed by atoms with van der Waals surface area (Å²) in [5.41, 5.74) is -0.171. The Labute approximate surface area is 119 Å². The lowest BCUT2D eigenvalue weighted by Gasteiger charge is -2.21. The zero-order valence-electron chi connectivity index (χ0n) is 11.4. The van der Waals surface area contributed by atoms with Crippen molar-refractivity contribution in [2.75, 3.05) is 18.0 Å². The first-order valence-corrected chi connectivity index (χ1v) is 6.31. The first-order chi connectivity index (χ1) is 9.88. The molecule has 1 aliphatic heterocycles. The van der Waals surface area contributed by atoms with Crippen LogP contribution < -0.4 is 10.2 Å². The molecule has 114 valence electrons. The van der Waals surface area contributed by atoms with Gasteiger partial charge in [0, 0.05) is 26.1 Å². The van der Waals surface area contributed by atoms with Crippen LogP contribution >= 0.6 is 0 Å². The van der Waals surface area contributed by atoms with Crippen molar-refractivity contribution in [2.24, 2.45) is 7.05 Å². The van der Waals surface area contributed by atoms with E-state index in [1.54, 1.807) is 11.9 Å². The van der Waals surface area contributed by atoms with Gasteiger partial charge in [0.2, 0.25) is 5.82 Å². The summed E-state index contributed by atoms with van der Waals surface area (Å²) in [5, 5.41) is 25.9. The van der Waals surface area contributed by atoms with Crippen molar-refractivity contribution < 1.29 is 19.6 Å². The minimum absolute atomic E-state index is 0.00181. The lowest BCUT2D eigenvalue weighted by Crippen LogP contribution is -2.35. The molecule has 0 saturated carbocycles. The number of anilines is 1. The summed E-state index contributed by atoms with van der Waals surface area (Å²) in [6.45, 7) is 0.329. The highest BCUT2D eigenvalue weighted by atomic mass is 16.6. The van der Waals surface area contributed by atoms with Gasteiger partial charge in [-0.1, -0.05) is 0 Å². The summed E-state index contributed by atoms with van der Waals surface area (Å²) in [6.07, 6.45) is 0.416. The van der Waals surface area contributed by atoms with E-state index in [1.807, 2.05) is 0 Å². The van der Waals surface area contributed by atoms with Gasteiger partial charge in [0.05, 0.1) is 11.5 Å². The zero-order valence-corrected chi connectivity index (χ0v) is 11.4. The Bertz CT molecular complexity index is 584. The number of aryl methyl sites for hydroxylation is 1. The van der Waals surface area contributed by atoms with Gasteiger partial charge in [-0.2, -0.15) is 5.10 Å². The molecule has 2 rings (SSSR count). The molecule has 21 heavy (non-hydrogen) atoms. The predicted octanol–water partition coefficient (Wildman–Crippen LogP) is 0.134. The number of rotatable bonds is 3. The van der Waals surface area contributed by atoms with Crippen molar-refractivity contribution in [3.63, 3.8) is 0 Å². The number of amides is 1. The molecular formula is C11H15N5O5. The second kappa shape index (κ2) is 5.77. The van der Waals surface area contributed by atoms with E-state index < -0.39 is 17.1 Å². The smallest absolute Gasteiger partial charge is 0.404 e. The first kappa shape index (κ1) is 14.8. The third kappa shape index (κ3) is 3.27. The Kier molecular flexibility index (Phi) is 4.05. The van der Waals surface area contributed by atoms with Gasteiger partial charge in [-0.15, -0.1) is 0 Å². The molecule has 0 aliphatic carbocycles. The summed E-state index contributed by atoms with van der Waals surface area (Å²) < 4.78 is 1.34. The molecular weight excluding hydrogens is 282 g/mol. The molecule has 1 aromatic rings. The van der Waals surface area contributed by atoms with Crippen LogP contribution in [-0.4, -0.2) is 50.8 Å². The standard InChI is InChI=1S/C11H15N5O5/c1-14-10(9(5-12-14)16(20)21)15-3-2-7(13-11(18)19)4-8(17)6-15/h5,7,13H,2-4,6H2,1H3,(H,18,19)/t7-/m1/s1. The lowest BCUT2D eigenvalue weighted by atomic mass is 10.1. The molecule has 0 spiro atoms. The molecule has 0 radical (unpaired) electrons. The fraction of sp³-hybridized carbons (Fsp3) is 0.545. The van der Waals surface area contributed by atoms with Crippen molar-refractivity contribution >= 4 is 23.4 Å². The summed E-state index contributed by atoms with van der Waals surface area (Å²) >= 11 is 0. The van der Waals surface area contributed by atoms with E-state index in [1.165, 1.54) is 4.68 Å². The lowest BCUT2D eigenvalue weighted by molar-refractivity contribution is -0.384. The molecule has 10 nitrogen and oxygen atoms in total. The molecule has 1 saturated heterocycles. The summed E-state index contributed by atoms with van der Waals surface area (Å²) in [4.78, 5) is 34.6. The van der Waals surface area contributed by atoms with Gasteiger partial charge < -0.3 is 15.3 Å². The van der Waals surface area contributed by atoms with Crippen LogP contribution in [0.25, 0.3) is 0 Å². The molecule has 1 atom stereocenters. The third-order valence-electron chi connectivity index (χ3n) is 3.30. The highest BCUT2D eigenvalue weighted by Gasteiger charge is 2.30. The summed E-state index contributed by atoms with van der Waals surface area (Å²) in [6, 6.07) is -0.479. The van der Waals surface area contributed by atoms with E-state index in [9.17, 15) is 19.7 Å². The number of hydrogen-bond donors (Lipinski definition) is 2. The van der Waals surface area contributed by atoms with Crippen LogP contribution in [-0.2, 0) is 11.8 Å². The number of ketones is 1. The number of nitrogens with one attached hydrogen (secondary N) is 1. The maximum atomic E-state index is 11.9. The number of nitro groups is 1. The predicted molar refractivity (Wildman–Crippen MR) is 71.3 cm³/mol. The summed E-state index contributed by atoms with van der Waals surface area (Å²) in [7, 11) is 1.56. The van der Waals surface area contributed by atoms with Gasteiger partial charge in [-0.3, -0.25) is 14.9 Å². The normalized spacial score (nSPS) is 19.2. The van der Waals surface area contributed by atoms with Gasteiger partial charge in [-0.25, -0.2) is 9.48 Å². The average Bonchev–Trinajstić information content (AvgIpc) is 2.66. The maximum absolute atomic E-state index is 11.9. The molecule has 2 N–H and O–H groups in total. The quantitative estimate of drug-likeness (QED) is 0.599. The SMILES string of the molecule is Cn1ncc([N+](=O)[O-])c1N1CC[C@@H](NC(=O)O)CC(=O)C1. The van der Waals surface area contributed by atoms with E-state index in [4.69, 9.17) is 5.11 Å². The number of hydrogen-bond acceptors (Lipinski definition) is 6. The molecule has 0 aromatic carbocycles. The third-order valence-corrected chi connectivity index (χ3v) is 3.30. The van der Waals surface area contributed by atoms with Crippen molar-refractivity contribution in [3.8, 4) is 0 Å². The summed E-state index contributed by atoms with van der Waals surface area (Å²) in [5.74, 6) is 0.0751. The second-order valence-corrected chi connectivity index (χ2v) is 4.83.